The summed E-state index contributed by atoms with van der Waals surface area (Å²) in [5.74, 6) is 0.650. The predicted octanol–water partition coefficient (Wildman–Crippen LogP) is 2.66. The normalized spacial score (nSPS) is 16.4. The maximum Gasteiger partial charge on any atom is 0.167 e. The monoisotopic (exact) mass is 189 g/mol. The lowest BCUT2D eigenvalue weighted by Crippen LogP contribution is -1.99. The van der Waals surface area contributed by atoms with Crippen LogP contribution in [0.2, 0.25) is 0 Å². The molecule has 1 aromatic rings. The van der Waals surface area contributed by atoms with Crippen LogP contribution in [0.15, 0.2) is 30.6 Å². The second-order valence-corrected chi connectivity index (χ2v) is 3.80. The molecular weight excluding hydrogens is 174 g/mol. The van der Waals surface area contributed by atoms with Crippen LogP contribution in [0.3, 0.4) is 0 Å². The summed E-state index contributed by atoms with van der Waals surface area (Å²) in [4.78, 5) is 11.7. The first kappa shape index (κ1) is 9.25. The van der Waals surface area contributed by atoms with Crippen LogP contribution in [0.1, 0.15) is 30.1 Å². The predicted molar refractivity (Wildman–Crippen MR) is 56.3 cm³/mol. The van der Waals surface area contributed by atoms with Crippen LogP contribution in [-0.4, -0.2) is 10.4 Å². The third-order valence-corrected chi connectivity index (χ3v) is 2.54. The lowest BCUT2D eigenvalue weighted by Gasteiger charge is -1.95. The molecule has 0 bridgehead atoms. The molecule has 0 saturated heterocycles. The van der Waals surface area contributed by atoms with E-state index in [1.807, 2.05) is 36.0 Å². The van der Waals surface area contributed by atoms with Gasteiger partial charge in [-0.05, 0) is 25.8 Å². The van der Waals surface area contributed by atoms with Gasteiger partial charge in [0.25, 0.3) is 0 Å². The molecule has 1 saturated carbocycles. The molecule has 0 N–H and O–H groups in total. The van der Waals surface area contributed by atoms with Crippen molar-refractivity contribution in [1.82, 2.24) is 4.57 Å². The molecule has 0 spiro atoms. The second kappa shape index (κ2) is 3.82. The molecule has 1 fully saturated rings. The molecule has 0 aliphatic heterocycles. The lowest BCUT2D eigenvalue weighted by atomic mass is 10.1. The standard InChI is InChI=1S/C12H15NO/c1-2-3-7-13-8-6-11(9-13)12(14)10-4-5-10/h2-3,6,8-10H,4-5,7H2,1H3. The number of Topliss-reactive ketones (excluding diaryl/α,β-unsaturated/α-hetero) is 1. The van der Waals surface area contributed by atoms with Gasteiger partial charge in [-0.2, -0.15) is 0 Å². The van der Waals surface area contributed by atoms with Crippen molar-refractivity contribution in [1.29, 1.82) is 0 Å². The largest absolute Gasteiger partial charge is 0.350 e. The summed E-state index contributed by atoms with van der Waals surface area (Å²) >= 11 is 0. The van der Waals surface area contributed by atoms with E-state index in [1.165, 1.54) is 0 Å². The lowest BCUT2D eigenvalue weighted by molar-refractivity contribution is 0.0967. The van der Waals surface area contributed by atoms with Crippen molar-refractivity contribution in [3.8, 4) is 0 Å². The summed E-state index contributed by atoms with van der Waals surface area (Å²) in [7, 11) is 0. The highest BCUT2D eigenvalue weighted by atomic mass is 16.1. The summed E-state index contributed by atoms with van der Waals surface area (Å²) in [5, 5.41) is 0. The van der Waals surface area contributed by atoms with Crippen LogP contribution in [0.4, 0.5) is 0 Å². The summed E-state index contributed by atoms with van der Waals surface area (Å²) in [6, 6.07) is 1.92. The van der Waals surface area contributed by atoms with Gasteiger partial charge in [-0.1, -0.05) is 12.2 Å². The Morgan fingerprint density at radius 2 is 2.43 bits per heavy atom. The number of aromatic nitrogens is 1. The summed E-state index contributed by atoms with van der Waals surface area (Å²) in [5.41, 5.74) is 0.872. The molecule has 1 aromatic heterocycles. The van der Waals surface area contributed by atoms with Gasteiger partial charge in [0.2, 0.25) is 0 Å². The van der Waals surface area contributed by atoms with E-state index < -0.39 is 0 Å². The average molecular weight is 189 g/mol. The Balaban J connectivity index is 2.04. The zero-order valence-corrected chi connectivity index (χ0v) is 8.44. The number of ketones is 1. The van der Waals surface area contributed by atoms with E-state index in [4.69, 9.17) is 0 Å². The Kier molecular flexibility index (Phi) is 2.53. The zero-order chi connectivity index (χ0) is 9.97. The number of rotatable bonds is 4. The minimum atomic E-state index is 0.323. The minimum absolute atomic E-state index is 0.323. The smallest absolute Gasteiger partial charge is 0.167 e. The fraction of sp³-hybridized carbons (Fsp3) is 0.417. The van der Waals surface area contributed by atoms with Gasteiger partial charge in [-0.15, -0.1) is 0 Å². The van der Waals surface area contributed by atoms with E-state index in [2.05, 4.69) is 6.08 Å². The number of hydrogen-bond donors (Lipinski definition) is 0. The van der Waals surface area contributed by atoms with Crippen molar-refractivity contribution in [3.63, 3.8) is 0 Å². The van der Waals surface area contributed by atoms with Crippen molar-refractivity contribution < 1.29 is 4.79 Å². The first-order valence-corrected chi connectivity index (χ1v) is 5.12. The quantitative estimate of drug-likeness (QED) is 0.527. The molecule has 14 heavy (non-hydrogen) atoms. The van der Waals surface area contributed by atoms with Crippen LogP contribution in [0, 0.1) is 5.92 Å². The van der Waals surface area contributed by atoms with E-state index in [0.29, 0.717) is 11.7 Å². The molecule has 2 rings (SSSR count). The fourth-order valence-electron chi connectivity index (χ4n) is 1.51. The first-order chi connectivity index (χ1) is 6.81. The highest BCUT2D eigenvalue weighted by molar-refractivity contribution is 5.99. The molecule has 0 radical (unpaired) electrons. The number of carbonyl (C=O) groups excluding carboxylic acids is 1. The van der Waals surface area contributed by atoms with Crippen LogP contribution in [0.5, 0.6) is 0 Å². The average Bonchev–Trinajstić information content (AvgIpc) is 2.94. The molecule has 0 atom stereocenters. The zero-order valence-electron chi connectivity index (χ0n) is 8.44. The van der Waals surface area contributed by atoms with Gasteiger partial charge in [0.1, 0.15) is 0 Å². The topological polar surface area (TPSA) is 22.0 Å². The number of carbonyl (C=O) groups is 1. The number of allylic oxidation sites excluding steroid dienone is 2. The van der Waals surface area contributed by atoms with Gasteiger partial charge in [-0.25, -0.2) is 0 Å². The van der Waals surface area contributed by atoms with E-state index >= 15 is 0 Å². The molecule has 1 heterocycles. The maximum absolute atomic E-state index is 11.7. The highest BCUT2D eigenvalue weighted by Gasteiger charge is 2.30. The van der Waals surface area contributed by atoms with Crippen molar-refractivity contribution >= 4 is 5.78 Å². The molecule has 1 aliphatic carbocycles. The van der Waals surface area contributed by atoms with Gasteiger partial charge >= 0.3 is 0 Å². The summed E-state index contributed by atoms with van der Waals surface area (Å²) in [6.07, 6.45) is 10.2. The summed E-state index contributed by atoms with van der Waals surface area (Å²) < 4.78 is 2.04. The molecule has 0 aromatic carbocycles. The SMILES string of the molecule is CC=CCn1ccc(C(=O)C2CC2)c1. The first-order valence-electron chi connectivity index (χ1n) is 5.12. The third kappa shape index (κ3) is 1.95. The molecular formula is C12H15NO. The van der Waals surface area contributed by atoms with Gasteiger partial charge < -0.3 is 4.57 Å². The van der Waals surface area contributed by atoms with Crippen LogP contribution >= 0.6 is 0 Å². The number of nitrogens with zero attached hydrogens (tertiary/aromatic N) is 1. The Morgan fingerprint density at radius 1 is 1.64 bits per heavy atom. The Morgan fingerprint density at radius 3 is 3.07 bits per heavy atom. The molecule has 0 unspecified atom stereocenters. The van der Waals surface area contributed by atoms with Crippen LogP contribution in [-0.2, 0) is 6.54 Å². The van der Waals surface area contributed by atoms with Crippen molar-refractivity contribution in [2.75, 3.05) is 0 Å². The van der Waals surface area contributed by atoms with Crippen LogP contribution in [0.25, 0.3) is 0 Å². The Labute approximate surface area is 84.2 Å². The van der Waals surface area contributed by atoms with E-state index in [-0.39, 0.29) is 0 Å². The van der Waals surface area contributed by atoms with E-state index in [0.717, 1.165) is 24.9 Å². The molecule has 1 aliphatic rings. The Hall–Kier alpha value is -1.31. The maximum atomic E-state index is 11.7. The van der Waals surface area contributed by atoms with Crippen molar-refractivity contribution in [2.45, 2.75) is 26.3 Å². The minimum Gasteiger partial charge on any atom is -0.350 e. The molecule has 2 nitrogen and oxygen atoms in total. The third-order valence-electron chi connectivity index (χ3n) is 2.54. The van der Waals surface area contributed by atoms with E-state index in [9.17, 15) is 4.79 Å². The van der Waals surface area contributed by atoms with Crippen molar-refractivity contribution in [3.05, 3.63) is 36.2 Å². The van der Waals surface area contributed by atoms with Gasteiger partial charge in [0.05, 0.1) is 0 Å². The van der Waals surface area contributed by atoms with E-state index in [1.54, 1.807) is 0 Å². The molecule has 0 amide bonds. The van der Waals surface area contributed by atoms with Crippen LogP contribution < -0.4 is 0 Å². The highest BCUT2D eigenvalue weighted by Crippen LogP contribution is 2.32. The fourth-order valence-corrected chi connectivity index (χ4v) is 1.51. The molecule has 74 valence electrons. The van der Waals surface area contributed by atoms with Gasteiger partial charge in [-0.3, -0.25) is 4.79 Å². The van der Waals surface area contributed by atoms with Gasteiger partial charge in [0.15, 0.2) is 5.78 Å². The number of hydrogen-bond acceptors (Lipinski definition) is 1. The van der Waals surface area contributed by atoms with Gasteiger partial charge in [0, 0.05) is 30.4 Å². The van der Waals surface area contributed by atoms with Crippen molar-refractivity contribution in [2.24, 2.45) is 5.92 Å². The summed E-state index contributed by atoms with van der Waals surface area (Å²) in [6.45, 7) is 2.86. The second-order valence-electron chi connectivity index (χ2n) is 3.80. The Bertz CT molecular complexity index is 358. The molecule has 2 heteroatoms.